The van der Waals surface area contributed by atoms with Gasteiger partial charge in [-0.1, -0.05) is 90.1 Å². The highest BCUT2D eigenvalue weighted by Gasteiger charge is 2.89. The Labute approximate surface area is 182 Å². The van der Waals surface area contributed by atoms with Crippen LogP contribution in [0.3, 0.4) is 0 Å². The summed E-state index contributed by atoms with van der Waals surface area (Å²) in [7, 11) is 0. The number of rotatable bonds is 2. The largest absolute Gasteiger partial charge is 0.325 e. The van der Waals surface area contributed by atoms with Crippen molar-refractivity contribution in [2.45, 2.75) is 16.1 Å². The van der Waals surface area contributed by atoms with Crippen LogP contribution in [0.25, 0.3) is 0 Å². The zero-order chi connectivity index (χ0) is 20.5. The standard InChI is InChI=1S/C24H15ClN2O2S/c25-17-12-6-4-10-15(17)19-23(16-11-5-7-13-18(16)26-21(23)28)24(19)22(29)27-20(30-24)14-8-2-1-3-9-14/h1-13,19H,(H,26,28)/t19-,23+,24-/m1/s1. The summed E-state index contributed by atoms with van der Waals surface area (Å²) in [5.41, 5.74) is 2.23. The molecule has 146 valence electrons. The number of halogens is 1. The first-order valence-electron chi connectivity index (χ1n) is 9.63. The van der Waals surface area contributed by atoms with Crippen LogP contribution in [0.5, 0.6) is 0 Å². The second kappa shape index (κ2) is 6.06. The first-order valence-corrected chi connectivity index (χ1v) is 10.8. The molecule has 3 aliphatic rings. The number of para-hydroxylation sites is 1. The van der Waals surface area contributed by atoms with Gasteiger partial charge in [0.15, 0.2) is 0 Å². The highest BCUT2D eigenvalue weighted by atomic mass is 35.5. The molecule has 30 heavy (non-hydrogen) atoms. The highest BCUT2D eigenvalue weighted by molar-refractivity contribution is 8.17. The minimum atomic E-state index is -1.04. The van der Waals surface area contributed by atoms with E-state index in [-0.39, 0.29) is 11.8 Å². The average molecular weight is 431 g/mol. The van der Waals surface area contributed by atoms with E-state index in [2.05, 4.69) is 10.3 Å². The third kappa shape index (κ3) is 2.02. The molecular weight excluding hydrogens is 416 g/mol. The van der Waals surface area contributed by atoms with E-state index >= 15 is 0 Å². The fraction of sp³-hybridized carbons (Fsp3) is 0.125. The molecule has 2 amide bonds. The van der Waals surface area contributed by atoms with Gasteiger partial charge < -0.3 is 5.32 Å². The summed E-state index contributed by atoms with van der Waals surface area (Å²) in [5.74, 6) is -0.841. The topological polar surface area (TPSA) is 58.5 Å². The number of anilines is 1. The Bertz CT molecular complexity index is 1270. The number of carbonyl (C=O) groups is 2. The predicted octanol–water partition coefficient (Wildman–Crippen LogP) is 4.79. The summed E-state index contributed by atoms with van der Waals surface area (Å²) in [5, 5.41) is 4.20. The van der Waals surface area contributed by atoms with Crippen molar-refractivity contribution in [2.75, 3.05) is 5.32 Å². The zero-order valence-electron chi connectivity index (χ0n) is 15.6. The molecule has 2 heterocycles. The molecule has 2 spiro atoms. The summed E-state index contributed by atoms with van der Waals surface area (Å²) < 4.78 is -1.04. The van der Waals surface area contributed by atoms with Crippen molar-refractivity contribution in [3.8, 4) is 0 Å². The minimum absolute atomic E-state index is 0.168. The van der Waals surface area contributed by atoms with Gasteiger partial charge in [0.05, 0.1) is 0 Å². The lowest BCUT2D eigenvalue weighted by Gasteiger charge is -2.12. The van der Waals surface area contributed by atoms with Crippen molar-refractivity contribution in [1.82, 2.24) is 0 Å². The number of fused-ring (bicyclic) bond motifs is 3. The van der Waals surface area contributed by atoms with Gasteiger partial charge >= 0.3 is 0 Å². The van der Waals surface area contributed by atoms with Gasteiger partial charge in [0.1, 0.15) is 15.2 Å². The first kappa shape index (κ1) is 17.9. The second-order valence-electron chi connectivity index (χ2n) is 7.69. The number of hydrogen-bond donors (Lipinski definition) is 1. The normalized spacial score (nSPS) is 28.6. The molecule has 1 aliphatic carbocycles. The fourth-order valence-corrected chi connectivity index (χ4v) is 6.98. The molecular formula is C24H15ClN2O2S. The summed E-state index contributed by atoms with van der Waals surface area (Å²) in [4.78, 5) is 31.4. The monoisotopic (exact) mass is 430 g/mol. The molecule has 0 bridgehead atoms. The molecule has 0 saturated heterocycles. The molecule has 4 nitrogen and oxygen atoms in total. The number of aliphatic imine (C=N–C) groups is 1. The van der Waals surface area contributed by atoms with Crippen LogP contribution in [0.2, 0.25) is 5.02 Å². The Morgan fingerprint density at radius 2 is 1.60 bits per heavy atom. The van der Waals surface area contributed by atoms with Crippen LogP contribution in [-0.4, -0.2) is 21.6 Å². The third-order valence-electron chi connectivity index (χ3n) is 6.32. The van der Waals surface area contributed by atoms with Gasteiger partial charge in [-0.2, -0.15) is 0 Å². The van der Waals surface area contributed by atoms with Crippen molar-refractivity contribution >= 4 is 45.9 Å². The van der Waals surface area contributed by atoms with Crippen molar-refractivity contribution < 1.29 is 9.59 Å². The molecule has 1 fully saturated rings. The van der Waals surface area contributed by atoms with Crippen molar-refractivity contribution in [3.63, 3.8) is 0 Å². The first-order chi connectivity index (χ1) is 14.6. The van der Waals surface area contributed by atoms with Gasteiger partial charge in [0.2, 0.25) is 5.91 Å². The number of hydrogen-bond acceptors (Lipinski definition) is 3. The molecule has 2 aliphatic heterocycles. The fourth-order valence-electron chi connectivity index (χ4n) is 5.07. The maximum Gasteiger partial charge on any atom is 0.265 e. The molecule has 3 aromatic carbocycles. The Morgan fingerprint density at radius 3 is 2.40 bits per heavy atom. The second-order valence-corrected chi connectivity index (χ2v) is 9.33. The van der Waals surface area contributed by atoms with Gasteiger partial charge in [-0.15, -0.1) is 0 Å². The zero-order valence-corrected chi connectivity index (χ0v) is 17.2. The summed E-state index contributed by atoms with van der Waals surface area (Å²) in [6.45, 7) is 0. The minimum Gasteiger partial charge on any atom is -0.325 e. The van der Waals surface area contributed by atoms with Gasteiger partial charge in [-0.3, -0.25) is 9.59 Å². The van der Waals surface area contributed by atoms with E-state index in [0.29, 0.717) is 10.1 Å². The predicted molar refractivity (Wildman–Crippen MR) is 119 cm³/mol. The Balaban J connectivity index is 1.57. The van der Waals surface area contributed by atoms with Crippen molar-refractivity contribution in [2.24, 2.45) is 4.99 Å². The van der Waals surface area contributed by atoms with Gasteiger partial charge in [0, 0.05) is 22.2 Å². The molecule has 1 saturated carbocycles. The number of thioether (sulfide) groups is 1. The Hall–Kier alpha value is -2.89. The lowest BCUT2D eigenvalue weighted by atomic mass is 9.91. The summed E-state index contributed by atoms with van der Waals surface area (Å²) in [6.07, 6.45) is 0. The van der Waals surface area contributed by atoms with Crippen LogP contribution < -0.4 is 5.32 Å². The molecule has 3 atom stereocenters. The van der Waals surface area contributed by atoms with Crippen molar-refractivity contribution in [1.29, 1.82) is 0 Å². The van der Waals surface area contributed by atoms with E-state index in [9.17, 15) is 9.59 Å². The van der Waals surface area contributed by atoms with Crippen LogP contribution in [0.15, 0.2) is 83.9 Å². The molecule has 6 rings (SSSR count). The van der Waals surface area contributed by atoms with E-state index in [0.717, 1.165) is 22.4 Å². The van der Waals surface area contributed by atoms with E-state index in [1.807, 2.05) is 72.8 Å². The van der Waals surface area contributed by atoms with E-state index in [1.165, 1.54) is 11.8 Å². The lowest BCUT2D eigenvalue weighted by molar-refractivity contribution is -0.122. The quantitative estimate of drug-likeness (QED) is 0.636. The summed E-state index contributed by atoms with van der Waals surface area (Å²) in [6, 6.07) is 24.7. The Kier molecular flexibility index (Phi) is 3.62. The van der Waals surface area contributed by atoms with E-state index in [4.69, 9.17) is 11.6 Å². The maximum absolute atomic E-state index is 13.5. The number of nitrogens with one attached hydrogen (secondary N) is 1. The Morgan fingerprint density at radius 1 is 0.900 bits per heavy atom. The van der Waals surface area contributed by atoms with Crippen LogP contribution in [0.4, 0.5) is 5.69 Å². The van der Waals surface area contributed by atoms with Crippen LogP contribution in [0.1, 0.15) is 22.6 Å². The number of amides is 2. The third-order valence-corrected chi connectivity index (χ3v) is 8.23. The number of carbonyl (C=O) groups excluding carboxylic acids is 2. The van der Waals surface area contributed by atoms with Crippen LogP contribution in [0, 0.1) is 0 Å². The molecule has 6 heteroatoms. The average Bonchev–Trinajstić information content (AvgIpc) is 3.04. The van der Waals surface area contributed by atoms with Gasteiger partial charge in [-0.25, -0.2) is 4.99 Å². The van der Waals surface area contributed by atoms with E-state index < -0.39 is 16.1 Å². The molecule has 0 unspecified atom stereocenters. The van der Waals surface area contributed by atoms with Gasteiger partial charge in [-0.05, 0) is 23.3 Å². The van der Waals surface area contributed by atoms with E-state index in [1.54, 1.807) is 6.07 Å². The smallest absolute Gasteiger partial charge is 0.265 e. The van der Waals surface area contributed by atoms with Crippen molar-refractivity contribution in [3.05, 3.63) is 101 Å². The molecule has 0 radical (unpaired) electrons. The number of benzene rings is 3. The highest BCUT2D eigenvalue weighted by Crippen LogP contribution is 2.79. The lowest BCUT2D eigenvalue weighted by Crippen LogP contribution is -2.32. The van der Waals surface area contributed by atoms with Crippen LogP contribution >= 0.6 is 23.4 Å². The maximum atomic E-state index is 13.5. The SMILES string of the molecule is O=C1Nc2ccccc2[C@]12[C@@H](c1ccccc1Cl)[C@]21SC(c2ccccc2)=NC1=O. The molecule has 0 aromatic heterocycles. The summed E-state index contributed by atoms with van der Waals surface area (Å²) >= 11 is 7.96. The molecule has 1 N–H and O–H groups in total. The van der Waals surface area contributed by atoms with Gasteiger partial charge in [0.25, 0.3) is 5.91 Å². The molecule has 3 aromatic rings. The number of nitrogens with zero attached hydrogens (tertiary/aromatic N) is 1. The van der Waals surface area contributed by atoms with Crippen LogP contribution in [-0.2, 0) is 15.0 Å².